The number of aliphatic hydroxyl groups is 13. The summed E-state index contributed by atoms with van der Waals surface area (Å²) in [5, 5.41) is 137. The second-order valence-electron chi connectivity index (χ2n) is 14.4. The summed E-state index contributed by atoms with van der Waals surface area (Å²) in [4.78, 5) is 11.7. The van der Waals surface area contributed by atoms with Gasteiger partial charge in [-0.2, -0.15) is 0 Å². The Labute approximate surface area is 319 Å². The Hall–Kier alpha value is -1.41. The molecule has 326 valence electrons. The number of esters is 1. The minimum atomic E-state index is -2.02. The maximum absolute atomic E-state index is 11.7. The van der Waals surface area contributed by atoms with Crippen LogP contribution >= 0.6 is 0 Å². The second-order valence-corrected chi connectivity index (χ2v) is 14.4. The largest absolute Gasteiger partial charge is 0.457 e. The van der Waals surface area contributed by atoms with Gasteiger partial charge in [-0.1, -0.05) is 0 Å². The van der Waals surface area contributed by atoms with Gasteiger partial charge in [-0.25, -0.2) is 0 Å². The highest BCUT2D eigenvalue weighted by Gasteiger charge is 2.55. The predicted molar refractivity (Wildman–Crippen MR) is 172 cm³/mol. The van der Waals surface area contributed by atoms with Crippen molar-refractivity contribution >= 4 is 5.97 Å². The SMILES string of the molecule is CC(=O)O[C@@H]1C[C@@H](O)[C@@H](C)O[C@@H]1O[C@@H]1[C@H](O)[C@@H](O[C@@H]2[C@@H](O)[C@@H](O)[C@H](O[C@H]3[C@@H](O)[C@@H](CO)O[C@H](O[C@H]4[C@H](O)[C@@H](O)C(O)O[C@@H]4CO)[C@@H]3O)O[C@H]2C)O[C@H](CO)[C@H]1O. The van der Waals surface area contributed by atoms with E-state index in [-0.39, 0.29) is 6.42 Å². The van der Waals surface area contributed by atoms with E-state index in [1.54, 1.807) is 0 Å². The highest BCUT2D eigenvalue weighted by molar-refractivity contribution is 5.66. The van der Waals surface area contributed by atoms with Crippen LogP contribution in [0.2, 0.25) is 0 Å². The van der Waals surface area contributed by atoms with E-state index in [0.29, 0.717) is 0 Å². The van der Waals surface area contributed by atoms with Crippen LogP contribution in [0.4, 0.5) is 0 Å². The van der Waals surface area contributed by atoms with Gasteiger partial charge in [-0.05, 0) is 13.8 Å². The molecule has 13 N–H and O–H groups in total. The van der Waals surface area contributed by atoms with Crippen LogP contribution in [0.5, 0.6) is 0 Å². The molecule has 24 nitrogen and oxygen atoms in total. The van der Waals surface area contributed by atoms with Crippen LogP contribution in [-0.2, 0) is 52.2 Å². The van der Waals surface area contributed by atoms with E-state index in [9.17, 15) is 71.2 Å². The van der Waals surface area contributed by atoms with Crippen LogP contribution in [0, 0.1) is 0 Å². The summed E-state index contributed by atoms with van der Waals surface area (Å²) in [6.45, 7) is 1.47. The van der Waals surface area contributed by atoms with E-state index in [1.807, 2.05) is 0 Å². The molecular weight excluding hydrogens is 768 g/mol. The summed E-state index contributed by atoms with van der Waals surface area (Å²) in [6.07, 6.45) is -39.3. The third kappa shape index (κ3) is 9.63. The third-order valence-corrected chi connectivity index (χ3v) is 10.4. The van der Waals surface area contributed by atoms with E-state index >= 15 is 0 Å². The van der Waals surface area contributed by atoms with Crippen molar-refractivity contribution in [2.75, 3.05) is 19.8 Å². The lowest BCUT2D eigenvalue weighted by Gasteiger charge is -2.49. The normalized spacial score (nSPS) is 51.7. The first-order valence-corrected chi connectivity index (χ1v) is 18.1. The van der Waals surface area contributed by atoms with Crippen LogP contribution in [-0.4, -0.2) is 240 Å². The molecule has 56 heavy (non-hydrogen) atoms. The summed E-state index contributed by atoms with van der Waals surface area (Å²) in [5.41, 5.74) is 0. The molecule has 1 unspecified atom stereocenters. The number of rotatable bonds is 12. The smallest absolute Gasteiger partial charge is 0.303 e. The molecule has 0 amide bonds. The van der Waals surface area contributed by atoms with E-state index in [4.69, 9.17) is 47.4 Å². The van der Waals surface area contributed by atoms with Gasteiger partial charge in [-0.15, -0.1) is 0 Å². The minimum absolute atomic E-state index is 0.109. The molecule has 0 bridgehead atoms. The number of carbonyl (C=O) groups is 1. The van der Waals surface area contributed by atoms with Gasteiger partial charge in [0, 0.05) is 13.3 Å². The lowest BCUT2D eigenvalue weighted by Crippen LogP contribution is -2.67. The standard InChI is InChI=1S/C32H54O24/c1-8-11(37)4-12(49-10(3)36)29(47-8)55-26-16(38)13(5-33)51-31(22(26)44)53-24-9(2)48-30(21(43)19(24)41)56-27-17(39)14(6-34)52-32(23(27)45)54-25-15(7-35)50-28(46)20(42)18(25)40/h8-9,11-35,37-46H,4-7H2,1-3H3/t8-,9+,11-,12-,13-,14-,15-,16-,17+,18-,19+,20-,21-,22+,23-,24+,25-,26+,27+,28?,29-,30+,31-,32-/m1/s1. The quantitative estimate of drug-likeness (QED) is 0.0813. The van der Waals surface area contributed by atoms with Crippen molar-refractivity contribution in [2.45, 2.75) is 175 Å². The van der Waals surface area contributed by atoms with Crippen molar-refractivity contribution < 1.29 is 119 Å². The first-order chi connectivity index (χ1) is 26.4. The molecule has 5 rings (SSSR count). The topological polar surface area (TPSA) is 372 Å². The molecule has 0 radical (unpaired) electrons. The summed E-state index contributed by atoms with van der Waals surface area (Å²) >= 11 is 0. The molecule has 0 aliphatic carbocycles. The van der Waals surface area contributed by atoms with Crippen LogP contribution in [0.15, 0.2) is 0 Å². The van der Waals surface area contributed by atoms with Gasteiger partial charge in [0.05, 0.1) is 38.1 Å². The number of carbonyl (C=O) groups excluding carboxylic acids is 1. The van der Waals surface area contributed by atoms with Crippen molar-refractivity contribution in [3.8, 4) is 0 Å². The molecule has 5 fully saturated rings. The highest BCUT2D eigenvalue weighted by atomic mass is 16.8. The summed E-state index contributed by atoms with van der Waals surface area (Å²) < 4.78 is 55.7. The molecule has 0 aromatic heterocycles. The molecular formula is C32H54O24. The van der Waals surface area contributed by atoms with Crippen LogP contribution < -0.4 is 0 Å². The fourth-order valence-electron chi connectivity index (χ4n) is 7.18. The Morgan fingerprint density at radius 2 is 0.946 bits per heavy atom. The molecule has 5 heterocycles. The van der Waals surface area contributed by atoms with Gasteiger partial charge >= 0.3 is 5.97 Å². The van der Waals surface area contributed by atoms with Gasteiger partial charge in [0.2, 0.25) is 0 Å². The zero-order chi connectivity index (χ0) is 41.3. The molecule has 24 atom stereocenters. The van der Waals surface area contributed by atoms with Crippen molar-refractivity contribution in [2.24, 2.45) is 0 Å². The van der Waals surface area contributed by atoms with Crippen LogP contribution in [0.3, 0.4) is 0 Å². The molecule has 0 aromatic carbocycles. The maximum atomic E-state index is 11.7. The Kier molecular flexibility index (Phi) is 15.8. The minimum Gasteiger partial charge on any atom is -0.457 e. The summed E-state index contributed by atoms with van der Waals surface area (Å²) in [5.74, 6) is -0.729. The van der Waals surface area contributed by atoms with Crippen molar-refractivity contribution in [1.29, 1.82) is 0 Å². The Bertz CT molecular complexity index is 1250. The lowest BCUT2D eigenvalue weighted by atomic mass is 9.95. The number of hydrogen-bond acceptors (Lipinski definition) is 24. The Morgan fingerprint density at radius 1 is 0.500 bits per heavy atom. The molecule has 5 aliphatic heterocycles. The third-order valence-electron chi connectivity index (χ3n) is 10.4. The molecule has 24 heteroatoms. The number of ether oxygens (including phenoxy) is 10. The van der Waals surface area contributed by atoms with Crippen molar-refractivity contribution in [3.05, 3.63) is 0 Å². The van der Waals surface area contributed by atoms with Gasteiger partial charge < -0.3 is 114 Å². The zero-order valence-electron chi connectivity index (χ0n) is 30.5. The summed E-state index contributed by atoms with van der Waals surface area (Å²) in [6, 6.07) is 0. The Balaban J connectivity index is 1.27. The Morgan fingerprint density at radius 3 is 1.46 bits per heavy atom. The number of hydrogen-bond donors (Lipinski definition) is 13. The summed E-state index contributed by atoms with van der Waals surface area (Å²) in [7, 11) is 0. The van der Waals surface area contributed by atoms with Crippen molar-refractivity contribution in [1.82, 2.24) is 0 Å². The van der Waals surface area contributed by atoms with Gasteiger partial charge in [0.25, 0.3) is 0 Å². The van der Waals surface area contributed by atoms with Crippen molar-refractivity contribution in [3.63, 3.8) is 0 Å². The van der Waals surface area contributed by atoms with Crippen LogP contribution in [0.1, 0.15) is 27.2 Å². The van der Waals surface area contributed by atoms with Crippen LogP contribution in [0.25, 0.3) is 0 Å². The molecule has 5 aliphatic rings. The van der Waals surface area contributed by atoms with E-state index in [1.165, 1.54) is 13.8 Å². The van der Waals surface area contributed by atoms with Gasteiger partial charge in [0.15, 0.2) is 37.6 Å². The fourth-order valence-corrected chi connectivity index (χ4v) is 7.18. The second kappa shape index (κ2) is 19.3. The van der Waals surface area contributed by atoms with E-state index in [2.05, 4.69) is 0 Å². The first kappa shape index (κ1) is 45.7. The average Bonchev–Trinajstić information content (AvgIpc) is 3.15. The fraction of sp³-hybridized carbons (Fsp3) is 0.969. The molecule has 0 saturated carbocycles. The average molecular weight is 823 g/mol. The van der Waals surface area contributed by atoms with Gasteiger partial charge in [-0.3, -0.25) is 4.79 Å². The molecule has 0 aromatic rings. The highest BCUT2D eigenvalue weighted by Crippen LogP contribution is 2.35. The number of aliphatic hydroxyl groups excluding tert-OH is 13. The zero-order valence-corrected chi connectivity index (χ0v) is 30.5. The molecule has 5 saturated heterocycles. The molecule has 0 spiro atoms. The van der Waals surface area contributed by atoms with E-state index in [0.717, 1.165) is 6.92 Å². The maximum Gasteiger partial charge on any atom is 0.303 e. The van der Waals surface area contributed by atoms with E-state index < -0.39 is 173 Å². The first-order valence-electron chi connectivity index (χ1n) is 18.1. The predicted octanol–water partition coefficient (Wildman–Crippen LogP) is -8.27. The monoisotopic (exact) mass is 822 g/mol. The van der Waals surface area contributed by atoms with Gasteiger partial charge in [0.1, 0.15) is 91.6 Å². The lowest BCUT2D eigenvalue weighted by molar-refractivity contribution is -0.390.